The van der Waals surface area contributed by atoms with Crippen LogP contribution in [0, 0.1) is 13.8 Å². The van der Waals surface area contributed by atoms with Crippen LogP contribution in [0.25, 0.3) is 0 Å². The van der Waals surface area contributed by atoms with Gasteiger partial charge in [0, 0.05) is 18.9 Å². The molecule has 0 bridgehead atoms. The number of nitrogens with zero attached hydrogens (tertiary/aromatic N) is 3. The van der Waals surface area contributed by atoms with Crippen LogP contribution in [0.2, 0.25) is 0 Å². The van der Waals surface area contributed by atoms with Crippen LogP contribution in [0.3, 0.4) is 0 Å². The van der Waals surface area contributed by atoms with Crippen molar-refractivity contribution in [1.82, 2.24) is 14.9 Å². The van der Waals surface area contributed by atoms with Crippen molar-refractivity contribution >= 4 is 0 Å². The fourth-order valence-electron chi connectivity index (χ4n) is 2.73. The predicted octanol–water partition coefficient (Wildman–Crippen LogP) is 1.96. The minimum atomic E-state index is -0.122. The maximum Gasteiger partial charge on any atom is 0.139 e. The molecule has 0 saturated carbocycles. The smallest absolute Gasteiger partial charge is 0.139 e. The summed E-state index contributed by atoms with van der Waals surface area (Å²) in [5.74, 6) is 0.802. The number of hydrogen-bond donors (Lipinski definition) is 0. The quantitative estimate of drug-likeness (QED) is 0.776. The monoisotopic (exact) mass is 321 g/mol. The van der Waals surface area contributed by atoms with Crippen LogP contribution in [0.15, 0.2) is 10.7 Å². The zero-order chi connectivity index (χ0) is 16.2. The first-order valence-electron chi connectivity index (χ1n) is 7.85. The maximum absolute atomic E-state index is 5.83. The Labute approximate surface area is 135 Å². The molecule has 1 aliphatic rings. The first kappa shape index (κ1) is 16.2. The standard InChI is InChI=1S/C16H23N3O4/c1-11-14(12(2)23-18-11)9-21-10-15-16-13(4-6-22-15)8-19(17-16)5-7-20-3/h8,15H,4-7,9-10H2,1-3H3/t15-/m0/s1. The highest BCUT2D eigenvalue weighted by Gasteiger charge is 2.25. The van der Waals surface area contributed by atoms with E-state index in [9.17, 15) is 0 Å². The van der Waals surface area contributed by atoms with Crippen molar-refractivity contribution in [3.05, 3.63) is 34.5 Å². The molecule has 3 rings (SSSR count). The Hall–Kier alpha value is -1.70. The van der Waals surface area contributed by atoms with Crippen molar-refractivity contribution < 1.29 is 18.7 Å². The van der Waals surface area contributed by atoms with E-state index < -0.39 is 0 Å². The zero-order valence-electron chi connectivity index (χ0n) is 13.9. The summed E-state index contributed by atoms with van der Waals surface area (Å²) in [7, 11) is 1.69. The summed E-state index contributed by atoms with van der Waals surface area (Å²) in [6.45, 7) is 6.85. The third kappa shape index (κ3) is 3.63. The van der Waals surface area contributed by atoms with Crippen LogP contribution in [-0.4, -0.2) is 41.9 Å². The summed E-state index contributed by atoms with van der Waals surface area (Å²) < 4.78 is 23.8. The molecule has 0 saturated heterocycles. The first-order chi connectivity index (χ1) is 11.2. The number of aryl methyl sites for hydroxylation is 2. The number of ether oxygens (including phenoxy) is 3. The van der Waals surface area contributed by atoms with Gasteiger partial charge in [0.2, 0.25) is 0 Å². The first-order valence-corrected chi connectivity index (χ1v) is 7.85. The summed E-state index contributed by atoms with van der Waals surface area (Å²) in [4.78, 5) is 0. The van der Waals surface area contributed by atoms with Crippen LogP contribution in [-0.2, 0) is 33.8 Å². The van der Waals surface area contributed by atoms with Gasteiger partial charge in [0.05, 0.1) is 44.4 Å². The van der Waals surface area contributed by atoms with E-state index in [0.717, 1.165) is 35.7 Å². The highest BCUT2D eigenvalue weighted by atomic mass is 16.5. The van der Waals surface area contributed by atoms with Crippen molar-refractivity contribution in [3.8, 4) is 0 Å². The number of aromatic nitrogens is 3. The molecule has 0 radical (unpaired) electrons. The van der Waals surface area contributed by atoms with Gasteiger partial charge in [-0.3, -0.25) is 4.68 Å². The van der Waals surface area contributed by atoms with Crippen molar-refractivity contribution in [2.75, 3.05) is 26.9 Å². The Morgan fingerprint density at radius 2 is 2.26 bits per heavy atom. The largest absolute Gasteiger partial charge is 0.383 e. The number of methoxy groups -OCH3 is 1. The predicted molar refractivity (Wildman–Crippen MR) is 82.1 cm³/mol. The summed E-state index contributed by atoms with van der Waals surface area (Å²) in [6.07, 6.45) is 2.85. The fraction of sp³-hybridized carbons (Fsp3) is 0.625. The average molecular weight is 321 g/mol. The third-order valence-corrected chi connectivity index (χ3v) is 4.09. The zero-order valence-corrected chi connectivity index (χ0v) is 13.9. The maximum atomic E-state index is 5.83. The van der Waals surface area contributed by atoms with Crippen LogP contribution in [0.5, 0.6) is 0 Å². The van der Waals surface area contributed by atoms with Crippen molar-refractivity contribution in [1.29, 1.82) is 0 Å². The minimum absolute atomic E-state index is 0.122. The second kappa shape index (κ2) is 7.25. The molecule has 23 heavy (non-hydrogen) atoms. The molecule has 0 aliphatic carbocycles. The van der Waals surface area contributed by atoms with E-state index in [0.29, 0.717) is 26.4 Å². The molecule has 7 heteroatoms. The molecule has 0 unspecified atom stereocenters. The fourth-order valence-corrected chi connectivity index (χ4v) is 2.73. The van der Waals surface area contributed by atoms with E-state index in [1.807, 2.05) is 18.5 Å². The average Bonchev–Trinajstić information content (AvgIpc) is 3.10. The Kier molecular flexibility index (Phi) is 5.09. The van der Waals surface area contributed by atoms with Gasteiger partial charge >= 0.3 is 0 Å². The van der Waals surface area contributed by atoms with Crippen molar-refractivity contribution in [2.45, 2.75) is 39.5 Å². The summed E-state index contributed by atoms with van der Waals surface area (Å²) in [6, 6.07) is 0. The van der Waals surface area contributed by atoms with E-state index in [-0.39, 0.29) is 6.10 Å². The molecule has 1 atom stereocenters. The van der Waals surface area contributed by atoms with Gasteiger partial charge < -0.3 is 18.7 Å². The second-order valence-corrected chi connectivity index (χ2v) is 5.72. The Morgan fingerprint density at radius 3 is 3.00 bits per heavy atom. The van der Waals surface area contributed by atoms with Gasteiger partial charge in [0.1, 0.15) is 11.9 Å². The van der Waals surface area contributed by atoms with Gasteiger partial charge in [-0.25, -0.2) is 0 Å². The molecular formula is C16H23N3O4. The van der Waals surface area contributed by atoms with E-state index in [4.69, 9.17) is 18.7 Å². The molecule has 2 aromatic rings. The van der Waals surface area contributed by atoms with Gasteiger partial charge in [-0.15, -0.1) is 0 Å². The summed E-state index contributed by atoms with van der Waals surface area (Å²) in [5.41, 5.74) is 4.09. The lowest BCUT2D eigenvalue weighted by Crippen LogP contribution is -2.20. The Bertz CT molecular complexity index is 630. The molecule has 0 fully saturated rings. The van der Waals surface area contributed by atoms with Crippen molar-refractivity contribution in [2.24, 2.45) is 0 Å². The minimum Gasteiger partial charge on any atom is -0.383 e. The van der Waals surface area contributed by atoms with E-state index in [1.54, 1.807) is 7.11 Å². The molecule has 0 amide bonds. The van der Waals surface area contributed by atoms with Crippen LogP contribution in [0.4, 0.5) is 0 Å². The summed E-state index contributed by atoms with van der Waals surface area (Å²) >= 11 is 0. The SMILES string of the molecule is COCCn1cc2c(n1)[C@H](COCc1c(C)noc1C)OCC2. The van der Waals surface area contributed by atoms with Crippen LogP contribution < -0.4 is 0 Å². The van der Waals surface area contributed by atoms with E-state index >= 15 is 0 Å². The number of rotatable bonds is 7. The van der Waals surface area contributed by atoms with Gasteiger partial charge in [0.15, 0.2) is 0 Å². The molecule has 3 heterocycles. The molecule has 1 aliphatic heterocycles. The molecule has 0 N–H and O–H groups in total. The topological polar surface area (TPSA) is 71.5 Å². The Morgan fingerprint density at radius 1 is 1.39 bits per heavy atom. The molecule has 0 aromatic carbocycles. The molecule has 7 nitrogen and oxygen atoms in total. The molecule has 2 aromatic heterocycles. The second-order valence-electron chi connectivity index (χ2n) is 5.72. The number of fused-ring (bicyclic) bond motifs is 1. The normalized spacial score (nSPS) is 17.4. The van der Waals surface area contributed by atoms with Gasteiger partial charge in [-0.2, -0.15) is 5.10 Å². The summed E-state index contributed by atoms with van der Waals surface area (Å²) in [5, 5.41) is 8.56. The van der Waals surface area contributed by atoms with E-state index in [1.165, 1.54) is 5.56 Å². The van der Waals surface area contributed by atoms with Crippen molar-refractivity contribution in [3.63, 3.8) is 0 Å². The highest BCUT2D eigenvalue weighted by molar-refractivity contribution is 5.22. The van der Waals surface area contributed by atoms with Gasteiger partial charge in [-0.05, 0) is 25.8 Å². The van der Waals surface area contributed by atoms with Gasteiger partial charge in [0.25, 0.3) is 0 Å². The molecule has 126 valence electrons. The lowest BCUT2D eigenvalue weighted by Gasteiger charge is -2.21. The highest BCUT2D eigenvalue weighted by Crippen LogP contribution is 2.26. The molecular weight excluding hydrogens is 298 g/mol. The van der Waals surface area contributed by atoms with Gasteiger partial charge in [-0.1, -0.05) is 5.16 Å². The van der Waals surface area contributed by atoms with Crippen LogP contribution >= 0.6 is 0 Å². The number of hydrogen-bond acceptors (Lipinski definition) is 6. The lowest BCUT2D eigenvalue weighted by atomic mass is 10.1. The van der Waals surface area contributed by atoms with E-state index in [2.05, 4.69) is 16.5 Å². The lowest BCUT2D eigenvalue weighted by molar-refractivity contribution is -0.0324. The molecule has 0 spiro atoms. The Balaban J connectivity index is 1.60. The third-order valence-electron chi connectivity index (χ3n) is 4.09. The van der Waals surface area contributed by atoms with Crippen LogP contribution in [0.1, 0.15) is 34.4 Å².